The van der Waals surface area contributed by atoms with Gasteiger partial charge in [0, 0.05) is 286 Å². The first-order valence-corrected chi connectivity index (χ1v) is 51.7. The third-order valence-corrected chi connectivity index (χ3v) is 31.0. The number of ether oxygens (including phenoxy) is 4. The van der Waals surface area contributed by atoms with Crippen LogP contribution in [0.3, 0.4) is 0 Å². The van der Waals surface area contributed by atoms with E-state index in [1.165, 1.54) is 67.5 Å². The van der Waals surface area contributed by atoms with E-state index in [0.29, 0.717) is 90.3 Å². The van der Waals surface area contributed by atoms with Gasteiger partial charge in [0.25, 0.3) is 5.91 Å². The van der Waals surface area contributed by atoms with Crippen molar-refractivity contribution in [2.75, 3.05) is 132 Å². The number of hydrogen-bond acceptors (Lipinski definition) is 22. The minimum Gasteiger partial charge on any atom is -0.381 e. The van der Waals surface area contributed by atoms with Crippen molar-refractivity contribution in [3.05, 3.63) is 212 Å². The minimum absolute atomic E-state index is 0.0317. The molecule has 5 amide bonds. The zero-order chi connectivity index (χ0) is 100.0. The number of nitrogens with zero attached hydrogens (tertiary/aromatic N) is 21. The molecule has 12 aliphatic rings. The number of ketones is 1. The third-order valence-electron chi connectivity index (χ3n) is 31.0. The Morgan fingerprint density at radius 2 is 0.828 bits per heavy atom. The molecule has 4 atom stereocenters. The summed E-state index contributed by atoms with van der Waals surface area (Å²) >= 11 is 0. The number of pyridine rings is 2. The molecule has 758 valence electrons. The molecular weight excluding hydrogens is 1840 g/mol. The highest BCUT2D eigenvalue weighted by atomic mass is 19.3. The second-order valence-corrected chi connectivity index (χ2v) is 40.6. The summed E-state index contributed by atoms with van der Waals surface area (Å²) in [6.07, 6.45) is 20.0. The van der Waals surface area contributed by atoms with E-state index in [-0.39, 0.29) is 65.8 Å². The van der Waals surface area contributed by atoms with Gasteiger partial charge in [0.15, 0.2) is 23.3 Å². The third kappa shape index (κ3) is 20.3. The first-order chi connectivity index (χ1) is 70.5. The number of hydrogen-bond donors (Lipinski definition) is 2. The normalized spacial score (nSPS) is 19.5. The fourth-order valence-electron chi connectivity index (χ4n) is 23.4. The van der Waals surface area contributed by atoms with Gasteiger partial charge in [-0.05, 0) is 202 Å². The maximum absolute atomic E-state index is 13.6. The van der Waals surface area contributed by atoms with Gasteiger partial charge in [-0.1, -0.05) is 36.4 Å². The van der Waals surface area contributed by atoms with Gasteiger partial charge >= 0.3 is 0 Å². The number of amides is 5. The number of anilines is 8. The predicted octanol–water partition coefficient (Wildman–Crippen LogP) is 15.3. The van der Waals surface area contributed by atoms with Crippen LogP contribution in [0, 0.1) is 12.8 Å². The summed E-state index contributed by atoms with van der Waals surface area (Å²) in [5, 5.41) is 35.1. The van der Waals surface area contributed by atoms with Gasteiger partial charge in [-0.3, -0.25) is 67.2 Å². The molecule has 20 heterocycles. The first kappa shape index (κ1) is 97.4. The number of Topliss-reactive ketones (excluding diaryl/α,β-unsaturated/α-hetero) is 1. The molecule has 0 saturated carbocycles. The Morgan fingerprint density at radius 1 is 0.434 bits per heavy atom. The lowest BCUT2D eigenvalue weighted by atomic mass is 9.88. The number of fused-ring (bicyclic) bond motifs is 8. The van der Waals surface area contributed by atoms with Crippen LogP contribution < -0.4 is 24.9 Å². The maximum Gasteiger partial charge on any atom is 0.269 e. The number of rotatable bonds is 17. The Balaban J connectivity index is 0.000000114. The Bertz CT molecular complexity index is 6830. The Labute approximate surface area is 842 Å². The van der Waals surface area contributed by atoms with Crippen LogP contribution in [0.4, 0.5) is 54.8 Å². The summed E-state index contributed by atoms with van der Waals surface area (Å²) in [4.78, 5) is 98.0. The predicted molar refractivity (Wildman–Crippen MR) is 546 cm³/mol. The van der Waals surface area contributed by atoms with Crippen molar-refractivity contribution in [3.8, 4) is 44.6 Å². The van der Waals surface area contributed by atoms with E-state index in [1.54, 1.807) is 58.6 Å². The molecule has 24 rings (SSSR count). The second kappa shape index (κ2) is 42.2. The molecule has 4 saturated heterocycles. The smallest absolute Gasteiger partial charge is 0.269 e. The molecule has 33 nitrogen and oxygen atoms in total. The molecule has 0 aliphatic carbocycles. The highest BCUT2D eigenvalue weighted by Gasteiger charge is 2.42. The minimum atomic E-state index is -2.37. The van der Waals surface area contributed by atoms with Gasteiger partial charge in [-0.2, -0.15) is 30.6 Å². The van der Waals surface area contributed by atoms with Crippen molar-refractivity contribution in [3.63, 3.8) is 0 Å². The van der Waals surface area contributed by atoms with Gasteiger partial charge < -0.3 is 63.5 Å². The van der Waals surface area contributed by atoms with Crippen LogP contribution in [0.15, 0.2) is 128 Å². The van der Waals surface area contributed by atoms with E-state index in [2.05, 4.69) is 148 Å². The lowest BCUT2D eigenvalue weighted by Crippen LogP contribution is -2.37. The average Bonchev–Trinajstić information content (AvgIpc) is 1.61. The summed E-state index contributed by atoms with van der Waals surface area (Å²) < 4.78 is 60.4. The van der Waals surface area contributed by atoms with Crippen LogP contribution in [0.1, 0.15) is 206 Å². The van der Waals surface area contributed by atoms with Crippen molar-refractivity contribution in [2.45, 2.75) is 214 Å². The largest absolute Gasteiger partial charge is 0.381 e. The van der Waals surface area contributed by atoms with Crippen molar-refractivity contribution in [2.24, 2.45) is 13.0 Å². The number of carbonyl (C=O) groups is 6. The number of halogens is 2. The number of benzene rings is 4. The van der Waals surface area contributed by atoms with Gasteiger partial charge in [-0.15, -0.1) is 0 Å². The summed E-state index contributed by atoms with van der Waals surface area (Å²) in [5.41, 5.74) is 29.6. The average molecular weight is 1970 g/mol. The van der Waals surface area contributed by atoms with E-state index >= 15 is 0 Å². The zero-order valence-corrected chi connectivity index (χ0v) is 84.2. The Hall–Kier alpha value is -13.6. The summed E-state index contributed by atoms with van der Waals surface area (Å²) in [5.74, 6) is 3.86. The number of nitrogens with one attached hydrogen (secondary N) is 2. The molecule has 4 aromatic carbocycles. The number of aromatic amines is 1. The van der Waals surface area contributed by atoms with Gasteiger partial charge in [0.1, 0.15) is 11.5 Å². The molecule has 12 aromatic rings. The van der Waals surface area contributed by atoms with E-state index in [1.807, 2.05) is 70.4 Å². The molecule has 12 aliphatic heterocycles. The van der Waals surface area contributed by atoms with Crippen molar-refractivity contribution < 1.29 is 56.5 Å². The molecule has 0 spiro atoms. The molecule has 35 heteroatoms. The lowest BCUT2D eigenvalue weighted by Gasteiger charge is -2.36. The number of H-pyrrole nitrogens is 1. The van der Waals surface area contributed by atoms with E-state index in [9.17, 15) is 37.5 Å². The number of aryl methyl sites for hydroxylation is 5. The standard InChI is InChI=1S/C29H34N6O3.C29H33N5O3.C27H32F2N6O2.C25H30N6O2/c1-19(36)33-13-9-27-24(18-33)28(32-35(27)23-10-14-38-15-11-23)34-12-3-4-21-16-20(6-8-26(21)34)22-5-7-25(31-17-22)29(37)30-2;1-19(35)14-24-7-5-23(16-30-24)21-6-8-27-22(15-21)4-3-11-33(27)29-26-17-32(20(2)36)12-9-28(26)34(31-29)25-10-13-37-18-25;1-17(36)33-7-5-25-23(15-33)27(31-35(25)22-6-8-37-16-22)34-13-18(10-26(28)29)9-20-11-19(3-4-24(20)34)21-12-30-32(2)14-21;1-16-12-22(27-26-16)18-5-6-23-19(13-18)4-3-9-30(23)25-21-14-29(17(2)32)10-7-24(21)31(28-25)20-8-11-33-15-20/h5-8,16-17,23H,3-4,9-15,18H2,1-2H3,(H,30,37);5-8,15-16,25H,3-4,9-14,17-18H2,1-2H3;3-4,11-12,14,18,22,26H,5-10,13,15-16H2,1-2H3;5-6,12-13,20H,3-4,7-11,14-15H2,1-2H3,(H,26,27)/t;25-;18?,22-;20-/m.000/s1. The van der Waals surface area contributed by atoms with Crippen LogP contribution in [-0.2, 0) is 134 Å². The molecule has 145 heavy (non-hydrogen) atoms. The first-order valence-electron chi connectivity index (χ1n) is 51.7. The van der Waals surface area contributed by atoms with E-state index in [0.717, 1.165) is 264 Å². The van der Waals surface area contributed by atoms with Crippen molar-refractivity contribution in [1.82, 2.24) is 94.0 Å². The summed E-state index contributed by atoms with van der Waals surface area (Å²) in [6.45, 7) is 24.4. The highest BCUT2D eigenvalue weighted by Crippen LogP contribution is 2.49. The van der Waals surface area contributed by atoms with Gasteiger partial charge in [0.2, 0.25) is 30.1 Å². The van der Waals surface area contributed by atoms with Crippen LogP contribution in [0.25, 0.3) is 44.6 Å². The molecule has 8 aromatic heterocycles. The Kier molecular flexibility index (Phi) is 28.4. The maximum atomic E-state index is 13.6. The second-order valence-electron chi connectivity index (χ2n) is 40.6. The summed E-state index contributed by atoms with van der Waals surface area (Å²) in [6, 6.07) is 36.8. The van der Waals surface area contributed by atoms with E-state index < -0.39 is 6.43 Å². The quantitative estimate of drug-likeness (QED) is 0.0855. The number of alkyl halides is 2. The zero-order valence-electron chi connectivity index (χ0n) is 84.2. The molecule has 1 unspecified atom stereocenters. The molecular formula is C110H129F2N23O10. The van der Waals surface area contributed by atoms with Crippen LogP contribution in [0.2, 0.25) is 0 Å². The monoisotopic (exact) mass is 1970 g/mol. The van der Waals surface area contributed by atoms with E-state index in [4.69, 9.17) is 39.3 Å². The number of carbonyl (C=O) groups excluding carboxylic acids is 6. The molecule has 0 bridgehead atoms. The van der Waals surface area contributed by atoms with Crippen molar-refractivity contribution in [1.29, 1.82) is 0 Å². The molecule has 2 N–H and O–H groups in total. The highest BCUT2D eigenvalue weighted by molar-refractivity contribution is 5.92. The fraction of sp³-hybridized carbons (Fsp3) is 0.473. The van der Waals surface area contributed by atoms with Gasteiger partial charge in [-0.25, -0.2) is 8.78 Å². The topological polar surface area (TPSA) is 321 Å². The number of aromatic nitrogens is 14. The summed E-state index contributed by atoms with van der Waals surface area (Å²) in [7, 11) is 3.48. The molecule has 4 fully saturated rings. The Morgan fingerprint density at radius 3 is 1.21 bits per heavy atom. The van der Waals surface area contributed by atoms with Crippen LogP contribution >= 0.6 is 0 Å². The fourth-order valence-corrected chi connectivity index (χ4v) is 23.4. The SMILES string of the molecule is CC(=O)Cc1ccc(-c2ccc3c(c2)CCCN3c2nn([C@H]3CCOC3)c3c2CN(C(C)=O)CC3)cn1.CC(=O)N1CCc2c(c(N3CC(CC(F)F)Cc4cc(-c5cnn(C)c5)ccc43)nn2[C@H]2CCOC2)C1.CC(=O)N1CCc2c(c(N3CCCc4cc(-c5cc(C)[nH]n5)ccc43)nn2[C@H]2CCOC2)C1.CNC(=O)c1ccc(-c2ccc3c(c2)CCCN3c2nn(C3CCOCC3)c3c2CN(C(C)=O)CC3)cn1. The van der Waals surface area contributed by atoms with Crippen LogP contribution in [0.5, 0.6) is 0 Å². The lowest BCUT2D eigenvalue weighted by molar-refractivity contribution is -0.130. The van der Waals surface area contributed by atoms with Crippen LogP contribution in [-0.4, -0.2) is 243 Å². The van der Waals surface area contributed by atoms with Crippen molar-refractivity contribution >= 4 is 81.3 Å². The van der Waals surface area contributed by atoms with Gasteiger partial charge in [0.05, 0.1) is 82.1 Å². The molecule has 0 radical (unpaired) electrons.